The maximum Gasteiger partial charge on any atom is 0.329 e. The molecule has 2 rings (SSSR count). The standard InChI is InChI=1S/C15H10Cl2FN3O3/c16-11-5-8(6-12(17)13(11)22)7-19-21-15(24)14(23)20-10-3-1-9(18)2-4-10/h1-7,22H,(H,20,23)(H,21,24)/b19-7+. The Morgan fingerprint density at radius 3 is 2.25 bits per heavy atom. The van der Waals surface area contributed by atoms with Crippen LogP contribution in [0.3, 0.4) is 0 Å². The lowest BCUT2D eigenvalue weighted by Gasteiger charge is -2.04. The molecule has 0 heterocycles. The van der Waals surface area contributed by atoms with Gasteiger partial charge in [0.05, 0.1) is 16.3 Å². The molecule has 2 aromatic rings. The topological polar surface area (TPSA) is 90.8 Å². The first-order chi connectivity index (χ1) is 11.4. The molecule has 6 nitrogen and oxygen atoms in total. The third kappa shape index (κ3) is 4.68. The molecule has 0 unspecified atom stereocenters. The van der Waals surface area contributed by atoms with Gasteiger partial charge in [0.1, 0.15) is 5.82 Å². The molecule has 0 radical (unpaired) electrons. The van der Waals surface area contributed by atoms with E-state index in [0.29, 0.717) is 5.56 Å². The van der Waals surface area contributed by atoms with Crippen molar-refractivity contribution in [2.75, 3.05) is 5.32 Å². The molecule has 0 saturated carbocycles. The largest absolute Gasteiger partial charge is 0.505 e. The molecule has 2 amide bonds. The minimum atomic E-state index is -1.02. The third-order valence-corrected chi connectivity index (χ3v) is 3.30. The molecule has 2 aromatic carbocycles. The van der Waals surface area contributed by atoms with E-state index < -0.39 is 17.6 Å². The first-order valence-corrected chi connectivity index (χ1v) is 7.20. The highest BCUT2D eigenvalue weighted by molar-refractivity contribution is 6.39. The minimum absolute atomic E-state index is 0.0179. The first kappa shape index (κ1) is 17.7. The highest BCUT2D eigenvalue weighted by atomic mass is 35.5. The zero-order valence-corrected chi connectivity index (χ0v) is 13.4. The normalized spacial score (nSPS) is 10.6. The van der Waals surface area contributed by atoms with E-state index in [1.807, 2.05) is 5.43 Å². The quantitative estimate of drug-likeness (QED) is 0.441. The van der Waals surface area contributed by atoms with Crippen molar-refractivity contribution in [3.63, 3.8) is 0 Å². The highest BCUT2D eigenvalue weighted by Gasteiger charge is 2.13. The highest BCUT2D eigenvalue weighted by Crippen LogP contribution is 2.32. The van der Waals surface area contributed by atoms with E-state index in [-0.39, 0.29) is 21.5 Å². The Labute approximate surface area is 145 Å². The number of nitrogens with one attached hydrogen (secondary N) is 2. The zero-order chi connectivity index (χ0) is 17.7. The average molecular weight is 370 g/mol. The van der Waals surface area contributed by atoms with Gasteiger partial charge in [-0.2, -0.15) is 5.10 Å². The molecule has 3 N–H and O–H groups in total. The van der Waals surface area contributed by atoms with Gasteiger partial charge in [0.2, 0.25) is 0 Å². The average Bonchev–Trinajstić information content (AvgIpc) is 2.54. The number of hydrogen-bond donors (Lipinski definition) is 3. The number of phenols is 1. The van der Waals surface area contributed by atoms with Crippen LogP contribution >= 0.6 is 23.2 Å². The molecular formula is C15H10Cl2FN3O3. The molecule has 0 saturated heterocycles. The summed E-state index contributed by atoms with van der Waals surface area (Å²) in [5, 5.41) is 15.3. The van der Waals surface area contributed by atoms with Crippen molar-refractivity contribution >= 4 is 46.9 Å². The van der Waals surface area contributed by atoms with Gasteiger partial charge in [-0.25, -0.2) is 9.82 Å². The summed E-state index contributed by atoms with van der Waals surface area (Å²) in [4.78, 5) is 23.2. The van der Waals surface area contributed by atoms with Gasteiger partial charge in [-0.15, -0.1) is 0 Å². The van der Waals surface area contributed by atoms with Crippen molar-refractivity contribution < 1.29 is 19.1 Å². The summed E-state index contributed by atoms with van der Waals surface area (Å²) >= 11 is 11.5. The number of phenolic OH excluding ortho intramolecular Hbond substituents is 1. The number of carbonyl (C=O) groups excluding carboxylic acids is 2. The SMILES string of the molecule is O=C(N/N=C/c1cc(Cl)c(O)c(Cl)c1)C(=O)Nc1ccc(F)cc1. The first-order valence-electron chi connectivity index (χ1n) is 6.45. The second kappa shape index (κ2) is 7.76. The lowest BCUT2D eigenvalue weighted by atomic mass is 10.2. The Hall–Kier alpha value is -2.64. The number of hydrazone groups is 1. The lowest BCUT2D eigenvalue weighted by molar-refractivity contribution is -0.136. The van der Waals surface area contributed by atoms with Gasteiger partial charge in [-0.1, -0.05) is 23.2 Å². The third-order valence-electron chi connectivity index (χ3n) is 2.73. The van der Waals surface area contributed by atoms with E-state index in [2.05, 4.69) is 10.4 Å². The molecule has 0 spiro atoms. The van der Waals surface area contributed by atoms with Crippen molar-refractivity contribution in [2.45, 2.75) is 0 Å². The van der Waals surface area contributed by atoms with Gasteiger partial charge in [0, 0.05) is 5.69 Å². The smallest absolute Gasteiger partial charge is 0.329 e. The van der Waals surface area contributed by atoms with Crippen LogP contribution in [0.5, 0.6) is 5.75 Å². The van der Waals surface area contributed by atoms with Crippen LogP contribution in [0.1, 0.15) is 5.56 Å². The van der Waals surface area contributed by atoms with Gasteiger partial charge >= 0.3 is 11.8 Å². The Balaban J connectivity index is 1.94. The summed E-state index contributed by atoms with van der Waals surface area (Å²) in [6.07, 6.45) is 1.19. The monoisotopic (exact) mass is 369 g/mol. The Morgan fingerprint density at radius 1 is 1.08 bits per heavy atom. The number of nitrogens with zero attached hydrogens (tertiary/aromatic N) is 1. The summed E-state index contributed by atoms with van der Waals surface area (Å²) in [5.74, 6) is -2.72. The predicted octanol–water partition coefficient (Wildman–Crippen LogP) is 2.93. The predicted molar refractivity (Wildman–Crippen MR) is 88.9 cm³/mol. The Morgan fingerprint density at radius 2 is 1.67 bits per heavy atom. The number of benzene rings is 2. The molecule has 0 aromatic heterocycles. The Bertz CT molecular complexity index is 787. The molecule has 0 fully saturated rings. The molecule has 0 atom stereocenters. The van der Waals surface area contributed by atoms with Gasteiger partial charge in [0.15, 0.2) is 5.75 Å². The second-order valence-corrected chi connectivity index (χ2v) is 5.31. The van der Waals surface area contributed by atoms with E-state index in [4.69, 9.17) is 23.2 Å². The second-order valence-electron chi connectivity index (χ2n) is 4.49. The van der Waals surface area contributed by atoms with Crippen LogP contribution < -0.4 is 10.7 Å². The molecule has 0 aliphatic carbocycles. The van der Waals surface area contributed by atoms with Crippen LogP contribution in [0.15, 0.2) is 41.5 Å². The van der Waals surface area contributed by atoms with Gasteiger partial charge in [-0.05, 0) is 42.0 Å². The van der Waals surface area contributed by atoms with E-state index >= 15 is 0 Å². The number of carbonyl (C=O) groups is 2. The number of anilines is 1. The summed E-state index contributed by atoms with van der Waals surface area (Å²) < 4.78 is 12.7. The minimum Gasteiger partial charge on any atom is -0.505 e. The van der Waals surface area contributed by atoms with E-state index in [0.717, 1.165) is 12.1 Å². The summed E-state index contributed by atoms with van der Waals surface area (Å²) in [7, 11) is 0. The molecular weight excluding hydrogens is 360 g/mol. The lowest BCUT2D eigenvalue weighted by Crippen LogP contribution is -2.32. The van der Waals surface area contributed by atoms with E-state index in [1.54, 1.807) is 0 Å². The van der Waals surface area contributed by atoms with Crippen LogP contribution in [-0.4, -0.2) is 23.1 Å². The van der Waals surface area contributed by atoms with Gasteiger partial charge in [-0.3, -0.25) is 9.59 Å². The number of hydrogen-bond acceptors (Lipinski definition) is 4. The number of halogens is 3. The van der Waals surface area contributed by atoms with Gasteiger partial charge < -0.3 is 10.4 Å². The molecule has 9 heteroatoms. The number of rotatable bonds is 3. The van der Waals surface area contributed by atoms with Crippen LogP contribution in [0, 0.1) is 5.82 Å². The van der Waals surface area contributed by atoms with Crippen molar-refractivity contribution in [3.8, 4) is 5.75 Å². The molecule has 0 bridgehead atoms. The van der Waals surface area contributed by atoms with Crippen LogP contribution in [-0.2, 0) is 9.59 Å². The fourth-order valence-electron chi connectivity index (χ4n) is 1.60. The number of aromatic hydroxyl groups is 1. The Kier molecular flexibility index (Phi) is 5.73. The summed E-state index contributed by atoms with van der Waals surface area (Å²) in [5.41, 5.74) is 2.68. The van der Waals surface area contributed by atoms with Crippen molar-refractivity contribution in [3.05, 3.63) is 57.8 Å². The maximum absolute atomic E-state index is 12.7. The summed E-state index contributed by atoms with van der Waals surface area (Å²) in [6.45, 7) is 0. The van der Waals surface area contributed by atoms with E-state index in [1.165, 1.54) is 30.5 Å². The van der Waals surface area contributed by atoms with Gasteiger partial charge in [0.25, 0.3) is 0 Å². The molecule has 24 heavy (non-hydrogen) atoms. The van der Waals surface area contributed by atoms with Crippen molar-refractivity contribution in [2.24, 2.45) is 5.10 Å². The molecule has 0 aliphatic rings. The van der Waals surface area contributed by atoms with Crippen molar-refractivity contribution in [1.82, 2.24) is 5.43 Å². The van der Waals surface area contributed by atoms with Crippen LogP contribution in [0.25, 0.3) is 0 Å². The number of amides is 2. The zero-order valence-electron chi connectivity index (χ0n) is 11.9. The summed E-state index contributed by atoms with van der Waals surface area (Å²) in [6, 6.07) is 7.65. The fraction of sp³-hybridized carbons (Fsp3) is 0. The van der Waals surface area contributed by atoms with E-state index in [9.17, 15) is 19.1 Å². The molecule has 0 aliphatic heterocycles. The fourth-order valence-corrected chi connectivity index (χ4v) is 2.10. The van der Waals surface area contributed by atoms with Crippen LogP contribution in [0.2, 0.25) is 10.0 Å². The maximum atomic E-state index is 12.7. The molecule has 124 valence electrons. The van der Waals surface area contributed by atoms with Crippen molar-refractivity contribution in [1.29, 1.82) is 0 Å². The van der Waals surface area contributed by atoms with Crippen LogP contribution in [0.4, 0.5) is 10.1 Å².